The molecule has 0 aliphatic heterocycles. The molecule has 1 heteroatoms. The van der Waals surface area contributed by atoms with Gasteiger partial charge in [-0.2, -0.15) is 46.0 Å². The Morgan fingerprint density at radius 3 is 2.05 bits per heavy atom. The average Bonchev–Trinajstić information content (AvgIpc) is 3.12. The van der Waals surface area contributed by atoms with E-state index in [0.717, 1.165) is 0 Å². The van der Waals surface area contributed by atoms with Crippen molar-refractivity contribution < 1.29 is 17.1 Å². The summed E-state index contributed by atoms with van der Waals surface area (Å²) in [5.41, 5.74) is 7.61. The van der Waals surface area contributed by atoms with Crippen LogP contribution >= 0.6 is 0 Å². The van der Waals surface area contributed by atoms with E-state index in [1.54, 1.807) is 16.7 Å². The Kier molecular flexibility index (Phi) is 10.5. The van der Waals surface area contributed by atoms with Gasteiger partial charge in [-0.3, -0.25) is 0 Å². The molecule has 0 heterocycles. The first-order valence-electron chi connectivity index (χ1n) is 8.20. The fourth-order valence-corrected chi connectivity index (χ4v) is 2.71. The summed E-state index contributed by atoms with van der Waals surface area (Å²) in [5, 5.41) is 0. The third-order valence-corrected chi connectivity index (χ3v) is 4.08. The van der Waals surface area contributed by atoms with Crippen molar-refractivity contribution >= 4 is 0 Å². The number of rotatable bonds is 5. The van der Waals surface area contributed by atoms with Crippen LogP contribution in [0.25, 0.3) is 0 Å². The Balaban J connectivity index is 0.000000370. The SMILES string of the molecule is CCc1c[cH-]c(CC)c1.CCc1cc[c-](CC)c1CC.[Fe+2]. The van der Waals surface area contributed by atoms with Crippen LogP contribution in [0.15, 0.2) is 30.3 Å². The van der Waals surface area contributed by atoms with Crippen LogP contribution in [0.3, 0.4) is 0 Å². The second kappa shape index (κ2) is 10.9. The molecule has 0 bridgehead atoms. The smallest absolute Gasteiger partial charge is 0.210 e. The largest absolute Gasteiger partial charge is 2.00 e. The van der Waals surface area contributed by atoms with Crippen LogP contribution < -0.4 is 0 Å². The van der Waals surface area contributed by atoms with Gasteiger partial charge in [0, 0.05) is 0 Å². The normalized spacial score (nSPS) is 9.76. The molecule has 0 aromatic heterocycles. The van der Waals surface area contributed by atoms with Crippen LogP contribution in [0.1, 0.15) is 62.4 Å². The first kappa shape index (κ1) is 20.2. The Hall–Kier alpha value is -0.781. The molecule has 0 nitrogen and oxygen atoms in total. The van der Waals surface area contributed by atoms with Crippen molar-refractivity contribution in [3.63, 3.8) is 0 Å². The van der Waals surface area contributed by atoms with Gasteiger partial charge in [-0.15, -0.1) is 0 Å². The quantitative estimate of drug-likeness (QED) is 0.494. The van der Waals surface area contributed by atoms with Crippen LogP contribution in [0.4, 0.5) is 0 Å². The molecule has 118 valence electrons. The van der Waals surface area contributed by atoms with Gasteiger partial charge in [0.25, 0.3) is 0 Å². The van der Waals surface area contributed by atoms with Gasteiger partial charge in [0.15, 0.2) is 0 Å². The van der Waals surface area contributed by atoms with Gasteiger partial charge in [0.05, 0.1) is 0 Å². The second-order valence-electron chi connectivity index (χ2n) is 5.26. The maximum atomic E-state index is 2.28. The van der Waals surface area contributed by atoms with Crippen molar-refractivity contribution in [2.45, 2.75) is 66.7 Å². The Labute approximate surface area is 142 Å². The molecular weight excluding hydrogens is 296 g/mol. The molecule has 0 N–H and O–H groups in total. The van der Waals surface area contributed by atoms with E-state index in [-0.39, 0.29) is 17.1 Å². The van der Waals surface area contributed by atoms with E-state index in [1.807, 2.05) is 0 Å². The molecule has 0 saturated heterocycles. The van der Waals surface area contributed by atoms with Gasteiger partial charge in [-0.05, 0) is 0 Å². The van der Waals surface area contributed by atoms with Crippen LogP contribution in [0.5, 0.6) is 0 Å². The van der Waals surface area contributed by atoms with Crippen molar-refractivity contribution in [2.75, 3.05) is 0 Å². The van der Waals surface area contributed by atoms with Crippen LogP contribution in [-0.4, -0.2) is 0 Å². The summed E-state index contributed by atoms with van der Waals surface area (Å²) in [5.74, 6) is 0. The third kappa shape index (κ3) is 5.85. The number of aryl methyl sites for hydroxylation is 4. The van der Waals surface area contributed by atoms with Gasteiger partial charge in [-0.25, -0.2) is 12.1 Å². The minimum absolute atomic E-state index is 0. The molecule has 2 aromatic rings. The second-order valence-corrected chi connectivity index (χ2v) is 5.26. The zero-order valence-electron chi connectivity index (χ0n) is 14.3. The topological polar surface area (TPSA) is 0 Å². The van der Waals surface area contributed by atoms with Gasteiger partial charge in [0.1, 0.15) is 0 Å². The van der Waals surface area contributed by atoms with E-state index in [0.29, 0.717) is 0 Å². The molecule has 2 rings (SSSR count). The van der Waals surface area contributed by atoms with E-state index in [2.05, 4.69) is 65.0 Å². The summed E-state index contributed by atoms with van der Waals surface area (Å²) in [7, 11) is 0. The molecule has 0 saturated carbocycles. The molecule has 0 spiro atoms. The van der Waals surface area contributed by atoms with Crippen molar-refractivity contribution in [2.24, 2.45) is 0 Å². The fraction of sp³-hybridized carbons (Fsp3) is 0.500. The van der Waals surface area contributed by atoms with Crippen LogP contribution in [-0.2, 0) is 49.2 Å². The zero-order chi connectivity index (χ0) is 15.0. The van der Waals surface area contributed by atoms with E-state index >= 15 is 0 Å². The van der Waals surface area contributed by atoms with Crippen molar-refractivity contribution in [3.05, 3.63) is 58.1 Å². The van der Waals surface area contributed by atoms with Crippen molar-refractivity contribution in [1.29, 1.82) is 0 Å². The van der Waals surface area contributed by atoms with E-state index in [1.165, 1.54) is 43.2 Å². The average molecular weight is 326 g/mol. The standard InChI is InChI=1S/C11H17.C9H13.Fe/c1-4-9-7-8-10(5-2)11(9)6-3;1-3-8-5-6-9(4-2)7-8;/h7-8H,4-6H2,1-3H3;5-7H,3-4H2,1-2H3;/q2*-1;+2. The molecule has 0 amide bonds. The molecule has 21 heavy (non-hydrogen) atoms. The van der Waals surface area contributed by atoms with Gasteiger partial charge in [-0.1, -0.05) is 66.7 Å². The monoisotopic (exact) mass is 326 g/mol. The number of hydrogen-bond donors (Lipinski definition) is 0. The molecule has 0 unspecified atom stereocenters. The molecular formula is C20H30Fe. The summed E-state index contributed by atoms with van der Waals surface area (Å²) in [6.45, 7) is 11.1. The summed E-state index contributed by atoms with van der Waals surface area (Å²) in [4.78, 5) is 0. The third-order valence-electron chi connectivity index (χ3n) is 4.08. The molecule has 0 fully saturated rings. The molecule has 0 atom stereocenters. The fourth-order valence-electron chi connectivity index (χ4n) is 2.71. The zero-order valence-corrected chi connectivity index (χ0v) is 15.4. The molecule has 0 radical (unpaired) electrons. The van der Waals surface area contributed by atoms with Gasteiger partial charge < -0.3 is 0 Å². The predicted octanol–water partition coefficient (Wildman–Crippen LogP) is 5.62. The first-order chi connectivity index (χ1) is 9.69. The minimum Gasteiger partial charge on any atom is -0.210 e. The predicted molar refractivity (Wildman–Crippen MR) is 91.0 cm³/mol. The summed E-state index contributed by atoms with van der Waals surface area (Å²) >= 11 is 0. The maximum absolute atomic E-state index is 2.28. The molecule has 0 aliphatic carbocycles. The summed E-state index contributed by atoms with van der Waals surface area (Å²) in [6, 6.07) is 11.2. The molecule has 0 aliphatic rings. The van der Waals surface area contributed by atoms with E-state index in [9.17, 15) is 0 Å². The summed E-state index contributed by atoms with van der Waals surface area (Å²) < 4.78 is 0. The van der Waals surface area contributed by atoms with E-state index in [4.69, 9.17) is 0 Å². The van der Waals surface area contributed by atoms with Crippen LogP contribution in [0.2, 0.25) is 0 Å². The number of hydrogen-bond acceptors (Lipinski definition) is 0. The van der Waals surface area contributed by atoms with E-state index < -0.39 is 0 Å². The van der Waals surface area contributed by atoms with Gasteiger partial charge in [0.2, 0.25) is 0 Å². The Morgan fingerprint density at radius 2 is 1.67 bits per heavy atom. The first-order valence-corrected chi connectivity index (χ1v) is 8.20. The van der Waals surface area contributed by atoms with Gasteiger partial charge >= 0.3 is 17.1 Å². The Morgan fingerprint density at radius 1 is 0.952 bits per heavy atom. The van der Waals surface area contributed by atoms with Crippen LogP contribution in [0, 0.1) is 0 Å². The minimum atomic E-state index is 0. The maximum Gasteiger partial charge on any atom is 2.00 e. The van der Waals surface area contributed by atoms with Crippen molar-refractivity contribution in [1.82, 2.24) is 0 Å². The van der Waals surface area contributed by atoms with Crippen molar-refractivity contribution in [3.8, 4) is 0 Å². The Bertz CT molecular complexity index is 448. The summed E-state index contributed by atoms with van der Waals surface area (Å²) in [6.07, 6.45) is 5.89. The molecule has 2 aromatic carbocycles.